The van der Waals surface area contributed by atoms with Gasteiger partial charge in [-0.25, -0.2) is 4.98 Å². The fraction of sp³-hybridized carbons (Fsp3) is 0.444. The van der Waals surface area contributed by atoms with Crippen molar-refractivity contribution in [1.29, 1.82) is 0 Å². The molecule has 1 amide bonds. The SMILES string of the molecule is O=C(NCC1(Cn2ccnc2)CC1)[C@@H]1CCc2ccccc21. The number of rotatable bonds is 5. The van der Waals surface area contributed by atoms with Crippen LogP contribution in [-0.2, 0) is 17.8 Å². The number of aromatic nitrogens is 2. The number of fused-ring (bicyclic) bond motifs is 1. The smallest absolute Gasteiger partial charge is 0.227 e. The van der Waals surface area contributed by atoms with E-state index < -0.39 is 0 Å². The second-order valence-electron chi connectivity index (χ2n) is 6.74. The predicted molar refractivity (Wildman–Crippen MR) is 84.4 cm³/mol. The lowest BCUT2D eigenvalue weighted by Gasteiger charge is -2.19. The molecule has 4 rings (SSSR count). The molecule has 1 saturated carbocycles. The summed E-state index contributed by atoms with van der Waals surface area (Å²) in [6.45, 7) is 1.73. The van der Waals surface area contributed by atoms with Gasteiger partial charge in [0.25, 0.3) is 0 Å². The van der Waals surface area contributed by atoms with Crippen molar-refractivity contribution in [2.45, 2.75) is 38.1 Å². The van der Waals surface area contributed by atoms with E-state index in [-0.39, 0.29) is 17.2 Å². The first kappa shape index (κ1) is 13.6. The predicted octanol–water partition coefficient (Wildman–Crippen LogP) is 2.51. The maximum Gasteiger partial charge on any atom is 0.227 e. The van der Waals surface area contributed by atoms with Crippen LogP contribution in [0, 0.1) is 5.41 Å². The summed E-state index contributed by atoms with van der Waals surface area (Å²) < 4.78 is 2.12. The van der Waals surface area contributed by atoms with Gasteiger partial charge in [-0.2, -0.15) is 0 Å². The van der Waals surface area contributed by atoms with Crippen molar-refractivity contribution in [3.8, 4) is 0 Å². The molecular weight excluding hydrogens is 274 g/mol. The number of nitrogens with zero attached hydrogens (tertiary/aromatic N) is 2. The first-order valence-electron chi connectivity index (χ1n) is 8.07. The average molecular weight is 295 g/mol. The van der Waals surface area contributed by atoms with Crippen LogP contribution in [0.1, 0.15) is 36.3 Å². The summed E-state index contributed by atoms with van der Waals surface area (Å²) in [4.78, 5) is 16.6. The lowest BCUT2D eigenvalue weighted by atomic mass is 10.00. The van der Waals surface area contributed by atoms with Gasteiger partial charge in [0.1, 0.15) is 0 Å². The van der Waals surface area contributed by atoms with Crippen LogP contribution < -0.4 is 5.32 Å². The number of amides is 1. The van der Waals surface area contributed by atoms with Gasteiger partial charge in [0.15, 0.2) is 0 Å². The minimum atomic E-state index is 0.0419. The highest BCUT2D eigenvalue weighted by molar-refractivity contribution is 5.85. The zero-order valence-electron chi connectivity index (χ0n) is 12.7. The van der Waals surface area contributed by atoms with Gasteiger partial charge < -0.3 is 9.88 Å². The lowest BCUT2D eigenvalue weighted by molar-refractivity contribution is -0.122. The quantitative estimate of drug-likeness (QED) is 0.921. The molecule has 114 valence electrons. The minimum Gasteiger partial charge on any atom is -0.355 e. The molecule has 1 heterocycles. The van der Waals surface area contributed by atoms with Gasteiger partial charge in [0.2, 0.25) is 5.91 Å². The minimum absolute atomic E-state index is 0.0419. The fourth-order valence-electron chi connectivity index (χ4n) is 3.56. The third kappa shape index (κ3) is 2.54. The topological polar surface area (TPSA) is 46.9 Å². The number of carbonyl (C=O) groups excluding carboxylic acids is 1. The molecule has 0 bridgehead atoms. The molecule has 0 aliphatic heterocycles. The summed E-state index contributed by atoms with van der Waals surface area (Å²) in [5.41, 5.74) is 2.80. The van der Waals surface area contributed by atoms with Gasteiger partial charge in [-0.15, -0.1) is 0 Å². The molecule has 1 atom stereocenters. The zero-order valence-corrected chi connectivity index (χ0v) is 12.7. The molecule has 1 aromatic heterocycles. The Kier molecular flexibility index (Phi) is 3.25. The molecule has 2 aliphatic carbocycles. The first-order valence-corrected chi connectivity index (χ1v) is 8.07. The van der Waals surface area contributed by atoms with E-state index in [0.717, 1.165) is 25.9 Å². The normalized spacial score (nSPS) is 21.4. The van der Waals surface area contributed by atoms with Crippen molar-refractivity contribution in [3.05, 3.63) is 54.1 Å². The van der Waals surface area contributed by atoms with E-state index in [1.165, 1.54) is 24.0 Å². The van der Waals surface area contributed by atoms with Crippen LogP contribution >= 0.6 is 0 Å². The van der Waals surface area contributed by atoms with Gasteiger partial charge in [-0.1, -0.05) is 24.3 Å². The van der Waals surface area contributed by atoms with Crippen LogP contribution in [-0.4, -0.2) is 22.0 Å². The molecule has 1 N–H and O–H groups in total. The van der Waals surface area contributed by atoms with Crippen molar-refractivity contribution in [2.24, 2.45) is 5.41 Å². The molecule has 2 aliphatic rings. The second kappa shape index (κ2) is 5.27. The van der Waals surface area contributed by atoms with E-state index in [2.05, 4.69) is 33.1 Å². The van der Waals surface area contributed by atoms with Gasteiger partial charge in [-0.05, 0) is 36.8 Å². The Hall–Kier alpha value is -2.10. The van der Waals surface area contributed by atoms with Gasteiger partial charge in [-0.3, -0.25) is 4.79 Å². The van der Waals surface area contributed by atoms with Crippen LogP contribution in [0.25, 0.3) is 0 Å². The van der Waals surface area contributed by atoms with Crippen LogP contribution in [0.2, 0.25) is 0 Å². The first-order chi connectivity index (χ1) is 10.8. The molecule has 4 nitrogen and oxygen atoms in total. The van der Waals surface area contributed by atoms with E-state index >= 15 is 0 Å². The maximum atomic E-state index is 12.6. The monoisotopic (exact) mass is 295 g/mol. The number of carbonyl (C=O) groups is 1. The molecule has 0 saturated heterocycles. The standard InChI is InChI=1S/C18H21N3O/c22-17(16-6-5-14-3-1-2-4-15(14)16)20-11-18(7-8-18)12-21-10-9-19-13-21/h1-4,9-10,13,16H,5-8,11-12H2,(H,20,22)/t16-/m1/s1. The molecular formula is C18H21N3O. The highest BCUT2D eigenvalue weighted by Gasteiger charge is 2.43. The second-order valence-corrected chi connectivity index (χ2v) is 6.74. The average Bonchev–Trinajstić information content (AvgIpc) is 2.94. The summed E-state index contributed by atoms with van der Waals surface area (Å²) in [5.74, 6) is 0.238. The number of nitrogens with one attached hydrogen (secondary N) is 1. The number of benzene rings is 1. The summed E-state index contributed by atoms with van der Waals surface area (Å²) in [6, 6.07) is 8.34. The molecule has 0 radical (unpaired) electrons. The van der Waals surface area contributed by atoms with Crippen molar-refractivity contribution in [2.75, 3.05) is 6.54 Å². The Morgan fingerprint density at radius 2 is 2.23 bits per heavy atom. The van der Waals surface area contributed by atoms with E-state index in [0.29, 0.717) is 0 Å². The van der Waals surface area contributed by atoms with E-state index in [1.54, 1.807) is 0 Å². The van der Waals surface area contributed by atoms with Gasteiger partial charge in [0.05, 0.1) is 12.2 Å². The maximum absolute atomic E-state index is 12.6. The van der Waals surface area contributed by atoms with Crippen molar-refractivity contribution in [1.82, 2.24) is 14.9 Å². The molecule has 4 heteroatoms. The summed E-state index contributed by atoms with van der Waals surface area (Å²) in [5, 5.41) is 3.21. The number of hydrogen-bond donors (Lipinski definition) is 1. The van der Waals surface area contributed by atoms with Gasteiger partial charge in [0, 0.05) is 30.9 Å². The van der Waals surface area contributed by atoms with E-state index in [9.17, 15) is 4.79 Å². The number of hydrogen-bond acceptors (Lipinski definition) is 2. The molecule has 0 spiro atoms. The molecule has 22 heavy (non-hydrogen) atoms. The van der Waals surface area contributed by atoms with Crippen molar-refractivity contribution < 1.29 is 4.79 Å². The number of aryl methyl sites for hydroxylation is 1. The van der Waals surface area contributed by atoms with Crippen LogP contribution in [0.5, 0.6) is 0 Å². The Balaban J connectivity index is 1.37. The summed E-state index contributed by atoms with van der Waals surface area (Å²) in [7, 11) is 0. The van der Waals surface area contributed by atoms with Gasteiger partial charge >= 0.3 is 0 Å². The highest BCUT2D eigenvalue weighted by Crippen LogP contribution is 2.46. The third-order valence-corrected chi connectivity index (χ3v) is 5.12. The summed E-state index contributed by atoms with van der Waals surface area (Å²) >= 11 is 0. The van der Waals surface area contributed by atoms with Crippen LogP contribution in [0.4, 0.5) is 0 Å². The zero-order chi connectivity index (χ0) is 15.0. The fourth-order valence-corrected chi connectivity index (χ4v) is 3.56. The van der Waals surface area contributed by atoms with Crippen molar-refractivity contribution >= 4 is 5.91 Å². The summed E-state index contributed by atoms with van der Waals surface area (Å²) in [6.07, 6.45) is 10.0. The van der Waals surface area contributed by atoms with Crippen molar-refractivity contribution in [3.63, 3.8) is 0 Å². The highest BCUT2D eigenvalue weighted by atomic mass is 16.1. The lowest BCUT2D eigenvalue weighted by Crippen LogP contribution is -2.35. The molecule has 1 fully saturated rings. The Labute approximate surface area is 130 Å². The Morgan fingerprint density at radius 3 is 3.00 bits per heavy atom. The number of imidazole rings is 1. The molecule has 0 unspecified atom stereocenters. The Morgan fingerprint density at radius 1 is 1.36 bits per heavy atom. The Bertz CT molecular complexity index is 673. The van der Waals surface area contributed by atoms with Crippen LogP contribution in [0.3, 0.4) is 0 Å². The third-order valence-electron chi connectivity index (χ3n) is 5.12. The van der Waals surface area contributed by atoms with Crippen LogP contribution in [0.15, 0.2) is 43.0 Å². The largest absolute Gasteiger partial charge is 0.355 e. The molecule has 2 aromatic rings. The van der Waals surface area contributed by atoms with E-state index in [4.69, 9.17) is 0 Å². The molecule has 1 aromatic carbocycles. The van der Waals surface area contributed by atoms with E-state index in [1.807, 2.05) is 24.8 Å².